The number of carbonyl (C=O) groups is 2. The van der Waals surface area contributed by atoms with Crippen molar-refractivity contribution >= 4 is 11.8 Å². The third-order valence-corrected chi connectivity index (χ3v) is 9.77. The maximum atomic E-state index is 13.9. The van der Waals surface area contributed by atoms with E-state index >= 15 is 0 Å². The van der Waals surface area contributed by atoms with Crippen molar-refractivity contribution in [2.75, 3.05) is 46.3 Å². The average Bonchev–Trinajstić information content (AvgIpc) is 3.45. The van der Waals surface area contributed by atoms with Gasteiger partial charge in [-0.25, -0.2) is 0 Å². The number of hydrogen-bond donors (Lipinski definition) is 1. The van der Waals surface area contributed by atoms with Crippen molar-refractivity contribution < 1.29 is 27.9 Å². The van der Waals surface area contributed by atoms with Crippen molar-refractivity contribution in [3.05, 3.63) is 58.5 Å². The molecule has 234 valence electrons. The first-order valence-corrected chi connectivity index (χ1v) is 15.2. The number of rotatable bonds is 6. The Labute approximate surface area is 250 Å². The van der Waals surface area contributed by atoms with Gasteiger partial charge in [0, 0.05) is 68.4 Å². The Morgan fingerprint density at radius 3 is 2.26 bits per heavy atom. The summed E-state index contributed by atoms with van der Waals surface area (Å²) in [7, 11) is 2.01. The van der Waals surface area contributed by atoms with Gasteiger partial charge in [0.2, 0.25) is 5.91 Å². The van der Waals surface area contributed by atoms with Crippen LogP contribution in [0.4, 0.5) is 13.2 Å². The summed E-state index contributed by atoms with van der Waals surface area (Å²) in [6, 6.07) is 10.7. The number of carbonyl (C=O) groups excluding carboxylic acids is 2. The third-order valence-electron chi connectivity index (χ3n) is 9.77. The standard InChI is InChI=1S/C32H41F3N4O4/c1-23(19-32(33,34)35)28(41)38-13-12-31(43,30(21-38)10-6-7-11-30)22-39-20-26(29(42)37-16-14-36(2)15-17-37)25(18-27(39)40)24-8-4-3-5-9-24/h3-5,8-9,18,20,23,43H,6-7,10-17,19,21-22H2,1-2H3/t23-,31+/m1/s1. The first kappa shape index (κ1) is 31.3. The Kier molecular flexibility index (Phi) is 8.77. The maximum Gasteiger partial charge on any atom is 0.389 e. The van der Waals surface area contributed by atoms with Gasteiger partial charge in [-0.3, -0.25) is 14.4 Å². The van der Waals surface area contributed by atoms with Gasteiger partial charge in [0.25, 0.3) is 11.5 Å². The Morgan fingerprint density at radius 1 is 0.977 bits per heavy atom. The molecule has 1 spiro atoms. The van der Waals surface area contributed by atoms with Crippen LogP contribution < -0.4 is 5.56 Å². The van der Waals surface area contributed by atoms with Crippen LogP contribution in [0.1, 0.15) is 55.8 Å². The minimum absolute atomic E-state index is 0.0654. The lowest BCUT2D eigenvalue weighted by Crippen LogP contribution is -2.62. The van der Waals surface area contributed by atoms with Crippen molar-refractivity contribution in [3.63, 3.8) is 0 Å². The molecule has 2 amide bonds. The molecule has 1 N–H and O–H groups in total. The van der Waals surface area contributed by atoms with E-state index in [1.54, 1.807) is 11.1 Å². The fourth-order valence-corrected chi connectivity index (χ4v) is 7.22. The molecule has 2 aliphatic heterocycles. The van der Waals surface area contributed by atoms with E-state index in [4.69, 9.17) is 0 Å². The van der Waals surface area contributed by atoms with Gasteiger partial charge in [0.15, 0.2) is 0 Å². The lowest BCUT2D eigenvalue weighted by molar-refractivity contribution is -0.172. The van der Waals surface area contributed by atoms with Crippen molar-refractivity contribution in [2.45, 2.75) is 63.8 Å². The number of piperazine rings is 1. The lowest BCUT2D eigenvalue weighted by atomic mass is 9.65. The van der Waals surface area contributed by atoms with Gasteiger partial charge in [-0.2, -0.15) is 13.2 Å². The molecule has 5 rings (SSSR count). The zero-order valence-electron chi connectivity index (χ0n) is 24.9. The number of likely N-dealkylation sites (N-methyl/N-ethyl adjacent to an activating group) is 1. The minimum Gasteiger partial charge on any atom is -0.387 e. The second kappa shape index (κ2) is 12.1. The van der Waals surface area contributed by atoms with E-state index in [2.05, 4.69) is 4.90 Å². The van der Waals surface area contributed by atoms with E-state index < -0.39 is 35.4 Å². The van der Waals surface area contributed by atoms with E-state index in [-0.39, 0.29) is 37.5 Å². The topological polar surface area (TPSA) is 86.1 Å². The van der Waals surface area contributed by atoms with Gasteiger partial charge in [0.05, 0.1) is 24.1 Å². The SMILES string of the molecule is C[C@H](CC(F)(F)F)C(=O)N1CC[C@](O)(Cn2cc(C(=O)N3CCN(C)CC3)c(-c3ccccc3)cc2=O)C2(CCCC2)C1. The summed E-state index contributed by atoms with van der Waals surface area (Å²) in [4.78, 5) is 45.9. The molecule has 3 aliphatic rings. The predicted molar refractivity (Wildman–Crippen MR) is 156 cm³/mol. The highest BCUT2D eigenvalue weighted by atomic mass is 19.4. The molecular formula is C32H41F3N4O4. The highest BCUT2D eigenvalue weighted by Crippen LogP contribution is 2.52. The number of hydrogen-bond acceptors (Lipinski definition) is 5. The highest BCUT2D eigenvalue weighted by molar-refractivity contribution is 6.00. The second-order valence-corrected chi connectivity index (χ2v) is 12.8. The third kappa shape index (κ3) is 6.52. The average molecular weight is 603 g/mol. The fraction of sp³-hybridized carbons (Fsp3) is 0.594. The first-order valence-electron chi connectivity index (χ1n) is 15.2. The monoisotopic (exact) mass is 602 g/mol. The molecule has 2 saturated heterocycles. The van der Waals surface area contributed by atoms with Crippen molar-refractivity contribution in [1.29, 1.82) is 0 Å². The molecule has 1 aromatic carbocycles. The van der Waals surface area contributed by atoms with Crippen LogP contribution >= 0.6 is 0 Å². The van der Waals surface area contributed by atoms with E-state index in [9.17, 15) is 32.7 Å². The number of halogens is 3. The van der Waals surface area contributed by atoms with E-state index in [0.717, 1.165) is 31.5 Å². The Hall–Kier alpha value is -3.18. The summed E-state index contributed by atoms with van der Waals surface area (Å²) in [5, 5.41) is 12.2. The largest absolute Gasteiger partial charge is 0.389 e. The smallest absolute Gasteiger partial charge is 0.387 e. The molecule has 43 heavy (non-hydrogen) atoms. The number of alkyl halides is 3. The number of piperidine rings is 1. The van der Waals surface area contributed by atoms with Gasteiger partial charge in [-0.15, -0.1) is 0 Å². The zero-order valence-corrected chi connectivity index (χ0v) is 24.9. The molecule has 1 saturated carbocycles. The van der Waals surface area contributed by atoms with Crippen LogP contribution in [0, 0.1) is 11.3 Å². The molecule has 8 nitrogen and oxygen atoms in total. The summed E-state index contributed by atoms with van der Waals surface area (Å²) in [6.45, 7) is 4.08. The summed E-state index contributed by atoms with van der Waals surface area (Å²) in [5.74, 6) is -1.95. The molecule has 3 heterocycles. The van der Waals surface area contributed by atoms with Crippen LogP contribution in [0.5, 0.6) is 0 Å². The Morgan fingerprint density at radius 2 is 1.63 bits per heavy atom. The van der Waals surface area contributed by atoms with Crippen LogP contribution in [-0.2, 0) is 11.3 Å². The number of aromatic nitrogens is 1. The van der Waals surface area contributed by atoms with Gasteiger partial charge >= 0.3 is 6.18 Å². The summed E-state index contributed by atoms with van der Waals surface area (Å²) in [6.07, 6.45) is -1.10. The van der Waals surface area contributed by atoms with Crippen LogP contribution in [0.25, 0.3) is 11.1 Å². The van der Waals surface area contributed by atoms with E-state index in [1.165, 1.54) is 22.5 Å². The molecular weight excluding hydrogens is 561 g/mol. The molecule has 3 fully saturated rings. The molecule has 1 aliphatic carbocycles. The number of nitrogens with zero attached hydrogens (tertiary/aromatic N) is 4. The number of amides is 2. The molecule has 2 atom stereocenters. The van der Waals surface area contributed by atoms with Gasteiger partial charge in [-0.05, 0) is 31.9 Å². The highest BCUT2D eigenvalue weighted by Gasteiger charge is 2.56. The molecule has 0 unspecified atom stereocenters. The van der Waals surface area contributed by atoms with Crippen molar-refractivity contribution in [1.82, 2.24) is 19.3 Å². The number of pyridine rings is 1. The van der Waals surface area contributed by atoms with Gasteiger partial charge in [-0.1, -0.05) is 50.1 Å². The van der Waals surface area contributed by atoms with Crippen LogP contribution in [0.3, 0.4) is 0 Å². The minimum atomic E-state index is -4.44. The summed E-state index contributed by atoms with van der Waals surface area (Å²) < 4.78 is 40.5. The van der Waals surface area contributed by atoms with Crippen LogP contribution in [0.15, 0.2) is 47.4 Å². The molecule has 2 aromatic rings. The fourth-order valence-electron chi connectivity index (χ4n) is 7.22. The maximum absolute atomic E-state index is 13.9. The van der Waals surface area contributed by atoms with Crippen molar-refractivity contribution in [2.24, 2.45) is 11.3 Å². The predicted octanol–water partition coefficient (Wildman–Crippen LogP) is 4.02. The van der Waals surface area contributed by atoms with E-state index in [0.29, 0.717) is 37.1 Å². The lowest BCUT2D eigenvalue weighted by Gasteiger charge is -2.52. The summed E-state index contributed by atoms with van der Waals surface area (Å²) in [5.41, 5.74) is -0.819. The molecule has 0 bridgehead atoms. The quantitative estimate of drug-likeness (QED) is 0.540. The summed E-state index contributed by atoms with van der Waals surface area (Å²) >= 11 is 0. The van der Waals surface area contributed by atoms with E-state index in [1.807, 2.05) is 37.4 Å². The Bertz CT molecular complexity index is 1380. The van der Waals surface area contributed by atoms with Crippen molar-refractivity contribution in [3.8, 4) is 11.1 Å². The number of likely N-dealkylation sites (tertiary alicyclic amines) is 1. The molecule has 11 heteroatoms. The normalized spacial score (nSPS) is 23.5. The Balaban J connectivity index is 1.46. The number of aliphatic hydroxyl groups is 1. The molecule has 1 aromatic heterocycles. The molecule has 0 radical (unpaired) electrons. The second-order valence-electron chi connectivity index (χ2n) is 12.8. The van der Waals surface area contributed by atoms with Crippen LogP contribution in [-0.4, -0.2) is 94.3 Å². The van der Waals surface area contributed by atoms with Gasteiger partial charge in [0.1, 0.15) is 0 Å². The first-order chi connectivity index (χ1) is 20.3. The number of benzene rings is 1. The zero-order chi connectivity index (χ0) is 31.0. The van der Waals surface area contributed by atoms with Gasteiger partial charge < -0.3 is 24.4 Å². The van der Waals surface area contributed by atoms with Crippen LogP contribution in [0.2, 0.25) is 0 Å².